The molecule has 0 aliphatic carbocycles. The number of aromatic amines is 1. The SMILES string of the molecule is Cc1[nH]ncc1CNc1ncnc2sccc12. The maximum absolute atomic E-state index is 4.26. The van der Waals surface area contributed by atoms with Gasteiger partial charge in [0.25, 0.3) is 0 Å². The zero-order valence-corrected chi connectivity index (χ0v) is 10.1. The van der Waals surface area contributed by atoms with Crippen LogP contribution in [0, 0.1) is 6.92 Å². The molecule has 0 aromatic carbocycles. The monoisotopic (exact) mass is 245 g/mol. The lowest BCUT2D eigenvalue weighted by Gasteiger charge is -2.05. The molecule has 0 aliphatic rings. The predicted molar refractivity (Wildman–Crippen MR) is 68.1 cm³/mol. The maximum atomic E-state index is 4.26. The van der Waals surface area contributed by atoms with E-state index in [1.165, 1.54) is 0 Å². The molecule has 0 bridgehead atoms. The zero-order chi connectivity index (χ0) is 11.7. The summed E-state index contributed by atoms with van der Waals surface area (Å²) in [6, 6.07) is 2.03. The normalized spacial score (nSPS) is 10.9. The van der Waals surface area contributed by atoms with E-state index in [4.69, 9.17) is 0 Å². The molecule has 0 aliphatic heterocycles. The van der Waals surface area contributed by atoms with Gasteiger partial charge in [-0.1, -0.05) is 0 Å². The van der Waals surface area contributed by atoms with Crippen LogP contribution in [0.5, 0.6) is 0 Å². The van der Waals surface area contributed by atoms with E-state index in [1.807, 2.05) is 24.6 Å². The van der Waals surface area contributed by atoms with Crippen molar-refractivity contribution in [2.45, 2.75) is 13.5 Å². The van der Waals surface area contributed by atoms with Crippen LogP contribution in [0.25, 0.3) is 10.2 Å². The zero-order valence-electron chi connectivity index (χ0n) is 9.27. The largest absolute Gasteiger partial charge is 0.365 e. The molecule has 86 valence electrons. The van der Waals surface area contributed by atoms with Crippen molar-refractivity contribution in [2.24, 2.45) is 0 Å². The molecule has 0 fully saturated rings. The lowest BCUT2D eigenvalue weighted by molar-refractivity contribution is 1.04. The van der Waals surface area contributed by atoms with E-state index >= 15 is 0 Å². The third-order valence-corrected chi connectivity index (χ3v) is 3.46. The fourth-order valence-electron chi connectivity index (χ4n) is 1.66. The number of aromatic nitrogens is 4. The van der Waals surface area contributed by atoms with E-state index in [0.29, 0.717) is 6.54 Å². The van der Waals surface area contributed by atoms with Gasteiger partial charge in [-0.05, 0) is 18.4 Å². The molecule has 3 heterocycles. The molecule has 2 N–H and O–H groups in total. The molecule has 6 heteroatoms. The molecule has 0 atom stereocenters. The van der Waals surface area contributed by atoms with E-state index < -0.39 is 0 Å². The number of hydrogen-bond acceptors (Lipinski definition) is 5. The molecule has 0 amide bonds. The average molecular weight is 245 g/mol. The smallest absolute Gasteiger partial charge is 0.138 e. The third-order valence-electron chi connectivity index (χ3n) is 2.64. The Hall–Kier alpha value is -1.95. The van der Waals surface area contributed by atoms with Gasteiger partial charge in [-0.15, -0.1) is 11.3 Å². The highest BCUT2D eigenvalue weighted by molar-refractivity contribution is 7.16. The van der Waals surface area contributed by atoms with Gasteiger partial charge in [-0.25, -0.2) is 9.97 Å². The van der Waals surface area contributed by atoms with Gasteiger partial charge in [0, 0.05) is 17.8 Å². The number of thiophene rings is 1. The number of hydrogen-bond donors (Lipinski definition) is 2. The topological polar surface area (TPSA) is 66.5 Å². The molecule has 3 aromatic rings. The van der Waals surface area contributed by atoms with Crippen molar-refractivity contribution < 1.29 is 0 Å². The van der Waals surface area contributed by atoms with Gasteiger partial charge in [0.05, 0.1) is 11.6 Å². The summed E-state index contributed by atoms with van der Waals surface area (Å²) in [5.41, 5.74) is 2.22. The molecular formula is C11H11N5S. The van der Waals surface area contributed by atoms with Gasteiger partial charge in [-0.3, -0.25) is 5.10 Å². The van der Waals surface area contributed by atoms with Crippen LogP contribution in [0.15, 0.2) is 24.0 Å². The third kappa shape index (κ3) is 1.87. The Morgan fingerprint density at radius 2 is 2.35 bits per heavy atom. The van der Waals surface area contributed by atoms with E-state index in [2.05, 4.69) is 25.5 Å². The molecule has 5 nitrogen and oxygen atoms in total. The lowest BCUT2D eigenvalue weighted by Crippen LogP contribution is -2.02. The summed E-state index contributed by atoms with van der Waals surface area (Å²) in [6.07, 6.45) is 3.41. The highest BCUT2D eigenvalue weighted by Gasteiger charge is 2.05. The first-order chi connectivity index (χ1) is 8.34. The van der Waals surface area contributed by atoms with Gasteiger partial charge in [0.2, 0.25) is 0 Å². The summed E-state index contributed by atoms with van der Waals surface area (Å²) in [5, 5.41) is 13.3. The van der Waals surface area contributed by atoms with Gasteiger partial charge in [0.1, 0.15) is 17.0 Å². The molecule has 3 rings (SSSR count). The molecule has 0 unspecified atom stereocenters. The average Bonchev–Trinajstić information content (AvgIpc) is 2.95. The van der Waals surface area contributed by atoms with Gasteiger partial charge in [0.15, 0.2) is 0 Å². The van der Waals surface area contributed by atoms with Gasteiger partial charge in [-0.2, -0.15) is 5.10 Å². The highest BCUT2D eigenvalue weighted by Crippen LogP contribution is 2.24. The number of rotatable bonds is 3. The predicted octanol–water partition coefficient (Wildman–Crippen LogP) is 2.33. The van der Waals surface area contributed by atoms with E-state index in [9.17, 15) is 0 Å². The molecule has 17 heavy (non-hydrogen) atoms. The van der Waals surface area contributed by atoms with Gasteiger partial charge >= 0.3 is 0 Å². The summed E-state index contributed by atoms with van der Waals surface area (Å²) in [6.45, 7) is 2.72. The fourth-order valence-corrected chi connectivity index (χ4v) is 2.40. The fraction of sp³-hybridized carbons (Fsp3) is 0.182. The molecular weight excluding hydrogens is 234 g/mol. The minimum absolute atomic E-state index is 0.713. The van der Waals surface area contributed by atoms with Crippen molar-refractivity contribution in [3.05, 3.63) is 35.2 Å². The maximum Gasteiger partial charge on any atom is 0.138 e. The lowest BCUT2D eigenvalue weighted by atomic mass is 10.2. The summed E-state index contributed by atoms with van der Waals surface area (Å²) in [4.78, 5) is 9.48. The Morgan fingerprint density at radius 3 is 3.18 bits per heavy atom. The van der Waals surface area contributed by atoms with E-state index in [-0.39, 0.29) is 0 Å². The Morgan fingerprint density at radius 1 is 1.41 bits per heavy atom. The first-order valence-corrected chi connectivity index (χ1v) is 6.13. The second-order valence-electron chi connectivity index (χ2n) is 3.74. The summed E-state index contributed by atoms with van der Waals surface area (Å²) < 4.78 is 0. The second-order valence-corrected chi connectivity index (χ2v) is 4.63. The summed E-state index contributed by atoms with van der Waals surface area (Å²) in [7, 11) is 0. The highest BCUT2D eigenvalue weighted by atomic mass is 32.1. The first kappa shape index (κ1) is 10.2. The Balaban J connectivity index is 1.86. The van der Waals surface area contributed by atoms with Crippen LogP contribution in [0.4, 0.5) is 5.82 Å². The van der Waals surface area contributed by atoms with E-state index in [1.54, 1.807) is 17.7 Å². The number of aryl methyl sites for hydroxylation is 1. The molecule has 0 spiro atoms. The minimum Gasteiger partial charge on any atom is -0.365 e. The van der Waals surface area contributed by atoms with Crippen LogP contribution < -0.4 is 5.32 Å². The number of anilines is 1. The number of fused-ring (bicyclic) bond motifs is 1. The van der Waals surface area contributed by atoms with Crippen molar-refractivity contribution in [3.63, 3.8) is 0 Å². The Bertz CT molecular complexity index is 642. The van der Waals surface area contributed by atoms with Crippen molar-refractivity contribution in [1.82, 2.24) is 20.2 Å². The quantitative estimate of drug-likeness (QED) is 0.743. The van der Waals surface area contributed by atoms with Crippen molar-refractivity contribution >= 4 is 27.4 Å². The summed E-state index contributed by atoms with van der Waals surface area (Å²) in [5.74, 6) is 0.872. The number of H-pyrrole nitrogens is 1. The van der Waals surface area contributed by atoms with E-state index in [0.717, 1.165) is 27.3 Å². The van der Waals surface area contributed by atoms with Crippen molar-refractivity contribution in [2.75, 3.05) is 5.32 Å². The van der Waals surface area contributed by atoms with Crippen LogP contribution in [0.2, 0.25) is 0 Å². The standard InChI is InChI=1S/C11H11N5S/c1-7-8(5-15-16-7)4-12-10-9-2-3-17-11(9)14-6-13-10/h2-3,5-6H,4H2,1H3,(H,15,16)(H,12,13,14). The van der Waals surface area contributed by atoms with Crippen molar-refractivity contribution in [3.8, 4) is 0 Å². The molecule has 0 saturated heterocycles. The molecule has 0 saturated carbocycles. The van der Waals surface area contributed by atoms with Crippen LogP contribution in [0.3, 0.4) is 0 Å². The minimum atomic E-state index is 0.713. The first-order valence-electron chi connectivity index (χ1n) is 5.25. The van der Waals surface area contributed by atoms with Crippen LogP contribution in [0.1, 0.15) is 11.3 Å². The van der Waals surface area contributed by atoms with Gasteiger partial charge < -0.3 is 5.32 Å². The van der Waals surface area contributed by atoms with Crippen LogP contribution in [-0.2, 0) is 6.54 Å². The Labute approximate surface area is 102 Å². The molecule has 0 radical (unpaired) electrons. The van der Waals surface area contributed by atoms with Crippen molar-refractivity contribution in [1.29, 1.82) is 0 Å². The van der Waals surface area contributed by atoms with Crippen LogP contribution in [-0.4, -0.2) is 20.2 Å². The molecule has 3 aromatic heterocycles. The number of nitrogens with zero attached hydrogens (tertiary/aromatic N) is 3. The van der Waals surface area contributed by atoms with Crippen LogP contribution >= 0.6 is 11.3 Å². The second kappa shape index (κ2) is 4.14. The number of nitrogens with one attached hydrogen (secondary N) is 2. The Kier molecular flexibility index (Phi) is 2.49. The summed E-state index contributed by atoms with van der Waals surface area (Å²) >= 11 is 1.62.